The predicted octanol–water partition coefficient (Wildman–Crippen LogP) is 5.27. The lowest BCUT2D eigenvalue weighted by atomic mass is 9.72. The minimum absolute atomic E-state index is 0.227. The molecule has 2 fully saturated rings. The Kier molecular flexibility index (Phi) is 5.29. The van der Waals surface area contributed by atoms with Crippen molar-refractivity contribution >= 4 is 22.3 Å². The Morgan fingerprint density at radius 1 is 1.10 bits per heavy atom. The van der Waals surface area contributed by atoms with Crippen LogP contribution in [0.3, 0.4) is 0 Å². The number of benzene rings is 1. The molecule has 3 heterocycles. The van der Waals surface area contributed by atoms with Gasteiger partial charge < -0.3 is 10.6 Å². The van der Waals surface area contributed by atoms with E-state index in [2.05, 4.69) is 27.8 Å². The van der Waals surface area contributed by atoms with Crippen molar-refractivity contribution in [2.24, 2.45) is 17.8 Å². The number of anilines is 2. The van der Waals surface area contributed by atoms with Crippen LogP contribution in [-0.2, 0) is 6.42 Å². The fourth-order valence-electron chi connectivity index (χ4n) is 4.85. The highest BCUT2D eigenvalue weighted by Crippen LogP contribution is 2.38. The highest BCUT2D eigenvalue weighted by atomic mass is 32.1. The third kappa shape index (κ3) is 4.19. The summed E-state index contributed by atoms with van der Waals surface area (Å²) in [6.45, 7) is 2.36. The van der Waals surface area contributed by atoms with Crippen LogP contribution in [0.25, 0.3) is 10.4 Å². The van der Waals surface area contributed by atoms with Crippen molar-refractivity contribution in [1.29, 1.82) is 0 Å². The number of rotatable bonds is 5. The number of nitrogens with one attached hydrogen (secondary N) is 2. The first-order valence-electron chi connectivity index (χ1n) is 10.4. The van der Waals surface area contributed by atoms with E-state index in [4.69, 9.17) is 4.98 Å². The van der Waals surface area contributed by atoms with E-state index in [1.165, 1.54) is 44.5 Å². The SMILES string of the molecule is Fc1ccc(-c2cnc(Nc3cccc(CC4CCC[C@@H]5CNC[C@H]45)n3)s2)cc1. The van der Waals surface area contributed by atoms with Crippen LogP contribution in [-0.4, -0.2) is 23.1 Å². The summed E-state index contributed by atoms with van der Waals surface area (Å²) in [4.78, 5) is 10.3. The molecule has 1 saturated carbocycles. The van der Waals surface area contributed by atoms with Crippen molar-refractivity contribution < 1.29 is 4.39 Å². The number of hydrogen-bond acceptors (Lipinski definition) is 5. The van der Waals surface area contributed by atoms with Crippen molar-refractivity contribution in [1.82, 2.24) is 15.3 Å². The molecule has 2 aliphatic rings. The summed E-state index contributed by atoms with van der Waals surface area (Å²) in [6, 6.07) is 12.7. The van der Waals surface area contributed by atoms with Gasteiger partial charge in [-0.15, -0.1) is 0 Å². The lowest BCUT2D eigenvalue weighted by molar-refractivity contribution is 0.197. The van der Waals surface area contributed by atoms with Gasteiger partial charge in [-0.3, -0.25) is 0 Å². The van der Waals surface area contributed by atoms with Gasteiger partial charge in [-0.25, -0.2) is 14.4 Å². The Morgan fingerprint density at radius 3 is 2.90 bits per heavy atom. The zero-order valence-electron chi connectivity index (χ0n) is 16.3. The molecule has 5 rings (SSSR count). The molecule has 0 amide bonds. The standard InChI is InChI=1S/C23H25FN4S/c24-18-9-7-15(8-10-18)21-14-26-23(29-21)28-22-6-2-5-19(27-22)11-16-3-1-4-17-12-25-13-20(16)17/h2,5-10,14,16-17,20,25H,1,3-4,11-13H2,(H,26,27,28)/t16?,17-,20-/m1/s1. The van der Waals surface area contributed by atoms with Crippen LogP contribution in [0.4, 0.5) is 15.3 Å². The summed E-state index contributed by atoms with van der Waals surface area (Å²) in [5.41, 5.74) is 2.12. The molecule has 0 radical (unpaired) electrons. The second-order valence-electron chi connectivity index (χ2n) is 8.15. The molecular weight excluding hydrogens is 383 g/mol. The Balaban J connectivity index is 1.27. The molecule has 0 spiro atoms. The topological polar surface area (TPSA) is 49.8 Å². The average Bonchev–Trinajstić information content (AvgIpc) is 3.39. The average molecular weight is 409 g/mol. The maximum atomic E-state index is 13.1. The van der Waals surface area contributed by atoms with Gasteiger partial charge in [0, 0.05) is 11.9 Å². The van der Waals surface area contributed by atoms with Crippen molar-refractivity contribution in [3.05, 3.63) is 60.2 Å². The monoisotopic (exact) mass is 408 g/mol. The van der Waals surface area contributed by atoms with Gasteiger partial charge in [0.1, 0.15) is 11.6 Å². The molecule has 1 aliphatic carbocycles. The van der Waals surface area contributed by atoms with Crippen molar-refractivity contribution in [2.75, 3.05) is 18.4 Å². The Bertz CT molecular complexity index is 971. The van der Waals surface area contributed by atoms with Gasteiger partial charge in [-0.1, -0.05) is 36.0 Å². The Morgan fingerprint density at radius 2 is 2.00 bits per heavy atom. The molecule has 1 unspecified atom stereocenters. The predicted molar refractivity (Wildman–Crippen MR) is 116 cm³/mol. The molecule has 2 N–H and O–H groups in total. The van der Waals surface area contributed by atoms with Crippen LogP contribution in [0, 0.1) is 23.6 Å². The van der Waals surface area contributed by atoms with Crippen LogP contribution in [0.2, 0.25) is 0 Å². The van der Waals surface area contributed by atoms with Gasteiger partial charge in [0.25, 0.3) is 0 Å². The van der Waals surface area contributed by atoms with Gasteiger partial charge >= 0.3 is 0 Å². The van der Waals surface area contributed by atoms with Crippen LogP contribution in [0.5, 0.6) is 0 Å². The highest BCUT2D eigenvalue weighted by molar-refractivity contribution is 7.18. The fraction of sp³-hybridized carbons (Fsp3) is 0.391. The lowest BCUT2D eigenvalue weighted by Gasteiger charge is -2.33. The van der Waals surface area contributed by atoms with Gasteiger partial charge in [-0.05, 0) is 79.9 Å². The van der Waals surface area contributed by atoms with Gasteiger partial charge in [0.05, 0.1) is 4.88 Å². The number of nitrogens with zero attached hydrogens (tertiary/aromatic N) is 2. The third-order valence-electron chi connectivity index (χ3n) is 6.29. The molecule has 6 heteroatoms. The molecule has 4 nitrogen and oxygen atoms in total. The smallest absolute Gasteiger partial charge is 0.188 e. The van der Waals surface area contributed by atoms with E-state index in [-0.39, 0.29) is 5.82 Å². The summed E-state index contributed by atoms with van der Waals surface area (Å²) in [7, 11) is 0. The lowest BCUT2D eigenvalue weighted by Crippen LogP contribution is -2.28. The van der Waals surface area contributed by atoms with E-state index < -0.39 is 0 Å². The Hall–Kier alpha value is -2.31. The summed E-state index contributed by atoms with van der Waals surface area (Å²) in [5.74, 6) is 3.00. The zero-order chi connectivity index (χ0) is 19.6. The normalized spacial score (nSPS) is 23.7. The molecular formula is C23H25FN4S. The minimum Gasteiger partial charge on any atom is -0.316 e. The molecule has 150 valence electrons. The molecule has 1 aromatic carbocycles. The Labute approximate surface area is 174 Å². The molecule has 2 aromatic heterocycles. The third-order valence-corrected chi connectivity index (χ3v) is 7.26. The van der Waals surface area contributed by atoms with E-state index in [0.717, 1.165) is 51.3 Å². The second kappa shape index (κ2) is 8.20. The molecule has 29 heavy (non-hydrogen) atoms. The number of thiazole rings is 1. The number of halogens is 1. The maximum absolute atomic E-state index is 13.1. The second-order valence-corrected chi connectivity index (χ2v) is 9.18. The highest BCUT2D eigenvalue weighted by Gasteiger charge is 2.36. The van der Waals surface area contributed by atoms with Gasteiger partial charge in [-0.2, -0.15) is 0 Å². The number of hydrogen-bond donors (Lipinski definition) is 2. The van der Waals surface area contributed by atoms with Crippen LogP contribution >= 0.6 is 11.3 Å². The maximum Gasteiger partial charge on any atom is 0.188 e. The van der Waals surface area contributed by atoms with Crippen molar-refractivity contribution in [3.63, 3.8) is 0 Å². The molecule has 0 bridgehead atoms. The molecule has 1 saturated heterocycles. The van der Waals surface area contributed by atoms with Crippen molar-refractivity contribution in [2.45, 2.75) is 25.7 Å². The van der Waals surface area contributed by atoms with Gasteiger partial charge in [0.2, 0.25) is 0 Å². The van der Waals surface area contributed by atoms with E-state index in [1.54, 1.807) is 23.5 Å². The molecule has 3 atom stereocenters. The number of pyridine rings is 1. The summed E-state index contributed by atoms with van der Waals surface area (Å²) in [6.07, 6.45) is 6.91. The summed E-state index contributed by atoms with van der Waals surface area (Å²) < 4.78 is 13.1. The largest absolute Gasteiger partial charge is 0.316 e. The number of fused-ring (bicyclic) bond motifs is 1. The minimum atomic E-state index is -0.227. The van der Waals surface area contributed by atoms with Crippen molar-refractivity contribution in [3.8, 4) is 10.4 Å². The first-order chi connectivity index (χ1) is 14.2. The van der Waals surface area contributed by atoms with E-state index >= 15 is 0 Å². The first kappa shape index (κ1) is 18.7. The fourth-order valence-corrected chi connectivity index (χ4v) is 5.68. The molecule has 3 aromatic rings. The van der Waals surface area contributed by atoms with Crippen LogP contribution in [0.15, 0.2) is 48.7 Å². The van der Waals surface area contributed by atoms with Crippen LogP contribution in [0.1, 0.15) is 25.0 Å². The van der Waals surface area contributed by atoms with E-state index in [0.29, 0.717) is 0 Å². The zero-order valence-corrected chi connectivity index (χ0v) is 17.1. The van der Waals surface area contributed by atoms with Crippen LogP contribution < -0.4 is 10.6 Å². The molecule has 1 aliphatic heterocycles. The van der Waals surface area contributed by atoms with E-state index in [1.807, 2.05) is 12.3 Å². The summed E-state index contributed by atoms with van der Waals surface area (Å²) in [5, 5.41) is 7.72. The summed E-state index contributed by atoms with van der Waals surface area (Å²) >= 11 is 1.55. The quantitative estimate of drug-likeness (QED) is 0.604. The van der Waals surface area contributed by atoms with E-state index in [9.17, 15) is 4.39 Å². The van der Waals surface area contributed by atoms with Gasteiger partial charge in [0.15, 0.2) is 5.13 Å². The number of aromatic nitrogens is 2. The first-order valence-corrected chi connectivity index (χ1v) is 11.2.